The molecule has 2 unspecified atom stereocenters. The number of carbonyl (C=O) groups is 2. The van der Waals surface area contributed by atoms with Crippen molar-refractivity contribution in [2.24, 2.45) is 11.3 Å². The van der Waals surface area contributed by atoms with E-state index in [4.69, 9.17) is 4.74 Å². The van der Waals surface area contributed by atoms with Crippen LogP contribution in [0.3, 0.4) is 0 Å². The molecule has 1 aliphatic rings. The van der Waals surface area contributed by atoms with Crippen molar-refractivity contribution in [3.05, 3.63) is 30.1 Å². The number of para-hydroxylation sites is 1. The summed E-state index contributed by atoms with van der Waals surface area (Å²) in [7, 11) is 0. The zero-order valence-corrected chi connectivity index (χ0v) is 14.3. The Morgan fingerprint density at radius 2 is 2.04 bits per heavy atom. The van der Waals surface area contributed by atoms with Gasteiger partial charge in [0.05, 0.1) is 5.41 Å². The van der Waals surface area contributed by atoms with Crippen molar-refractivity contribution in [1.82, 2.24) is 4.90 Å². The van der Waals surface area contributed by atoms with Gasteiger partial charge in [-0.25, -0.2) is 4.39 Å². The van der Waals surface area contributed by atoms with Gasteiger partial charge in [0.15, 0.2) is 17.7 Å². The summed E-state index contributed by atoms with van der Waals surface area (Å²) < 4.78 is 19.3. The number of nitrogens with zero attached hydrogens (tertiary/aromatic N) is 1. The Morgan fingerprint density at radius 3 is 2.54 bits per heavy atom. The molecule has 24 heavy (non-hydrogen) atoms. The summed E-state index contributed by atoms with van der Waals surface area (Å²) in [5, 5.41) is 9.58. The molecular formula is C18H24FNO4. The minimum atomic E-state index is -0.925. The largest absolute Gasteiger partial charge is 0.481 e. The third-order valence-electron chi connectivity index (χ3n) is 4.90. The van der Waals surface area contributed by atoms with E-state index in [1.54, 1.807) is 19.1 Å². The number of amides is 1. The average molecular weight is 337 g/mol. The van der Waals surface area contributed by atoms with E-state index in [1.165, 1.54) is 17.0 Å². The molecule has 1 aliphatic heterocycles. The predicted molar refractivity (Wildman–Crippen MR) is 87.2 cm³/mol. The lowest BCUT2D eigenvalue weighted by molar-refractivity contribution is -0.151. The lowest BCUT2D eigenvalue weighted by atomic mass is 9.76. The molecule has 0 saturated carbocycles. The van der Waals surface area contributed by atoms with Gasteiger partial charge in [0.25, 0.3) is 5.91 Å². The number of carbonyl (C=O) groups excluding carboxylic acids is 1. The number of hydrogen-bond acceptors (Lipinski definition) is 3. The van der Waals surface area contributed by atoms with E-state index in [0.29, 0.717) is 19.4 Å². The highest BCUT2D eigenvalue weighted by atomic mass is 19.1. The van der Waals surface area contributed by atoms with Gasteiger partial charge in [-0.05, 0) is 30.9 Å². The number of likely N-dealkylation sites (tertiary alicyclic amines) is 1. The van der Waals surface area contributed by atoms with E-state index in [1.807, 2.05) is 13.8 Å². The lowest BCUT2D eigenvalue weighted by Gasteiger charge is -2.29. The van der Waals surface area contributed by atoms with Gasteiger partial charge in [-0.3, -0.25) is 9.59 Å². The zero-order chi connectivity index (χ0) is 17.9. The van der Waals surface area contributed by atoms with Gasteiger partial charge in [-0.1, -0.05) is 32.9 Å². The Hall–Kier alpha value is -2.11. The average Bonchev–Trinajstić information content (AvgIpc) is 3.00. The van der Waals surface area contributed by atoms with E-state index >= 15 is 0 Å². The first kappa shape index (κ1) is 18.2. The predicted octanol–water partition coefficient (Wildman–Crippen LogP) is 2.94. The van der Waals surface area contributed by atoms with Gasteiger partial charge >= 0.3 is 5.97 Å². The molecule has 1 fully saturated rings. The van der Waals surface area contributed by atoms with Crippen LogP contribution in [-0.4, -0.2) is 41.1 Å². The van der Waals surface area contributed by atoms with Gasteiger partial charge in [0.1, 0.15) is 0 Å². The van der Waals surface area contributed by atoms with Crippen molar-refractivity contribution in [2.45, 2.75) is 39.7 Å². The quantitative estimate of drug-likeness (QED) is 0.867. The first-order valence-electron chi connectivity index (χ1n) is 8.25. The van der Waals surface area contributed by atoms with Crippen molar-refractivity contribution in [3.8, 4) is 5.75 Å². The van der Waals surface area contributed by atoms with Crippen LogP contribution in [0.15, 0.2) is 24.3 Å². The molecule has 0 spiro atoms. The van der Waals surface area contributed by atoms with Crippen molar-refractivity contribution >= 4 is 11.9 Å². The molecule has 0 bridgehead atoms. The molecule has 2 rings (SSSR count). The number of carboxylic acid groups (broad SMARTS) is 1. The second kappa shape index (κ2) is 7.20. The maximum atomic E-state index is 13.7. The van der Waals surface area contributed by atoms with Gasteiger partial charge in [-0.15, -0.1) is 0 Å². The molecule has 6 heteroatoms. The third-order valence-corrected chi connectivity index (χ3v) is 4.90. The number of benzene rings is 1. The second-order valence-electron chi connectivity index (χ2n) is 6.57. The summed E-state index contributed by atoms with van der Waals surface area (Å²) in [4.78, 5) is 25.9. The molecule has 1 amide bonds. The number of aliphatic carboxylic acids is 1. The van der Waals surface area contributed by atoms with Crippen LogP contribution in [0.1, 0.15) is 33.6 Å². The fourth-order valence-corrected chi connectivity index (χ4v) is 3.12. The molecule has 0 aromatic heterocycles. The summed E-state index contributed by atoms with van der Waals surface area (Å²) in [5.41, 5.74) is -0.925. The molecule has 1 N–H and O–H groups in total. The van der Waals surface area contributed by atoms with E-state index in [-0.39, 0.29) is 24.1 Å². The van der Waals surface area contributed by atoms with Crippen LogP contribution in [-0.2, 0) is 9.59 Å². The Morgan fingerprint density at radius 1 is 1.38 bits per heavy atom. The van der Waals surface area contributed by atoms with Gasteiger partial charge in [0.2, 0.25) is 0 Å². The standard InChI is InChI=1S/C18H24FNO4/c1-4-14(24-15-8-6-5-7-13(15)19)16(21)20-10-9-18(11-20,12(2)3)17(22)23/h5-8,12,14H,4,9-11H2,1-3H3,(H,22,23). The minimum Gasteiger partial charge on any atom is -0.481 e. The molecule has 1 aromatic rings. The van der Waals surface area contributed by atoms with Crippen LogP contribution < -0.4 is 4.74 Å². The van der Waals surface area contributed by atoms with E-state index in [0.717, 1.165) is 0 Å². The maximum absolute atomic E-state index is 13.7. The Kier molecular flexibility index (Phi) is 5.47. The van der Waals surface area contributed by atoms with Crippen molar-refractivity contribution in [1.29, 1.82) is 0 Å². The summed E-state index contributed by atoms with van der Waals surface area (Å²) in [6, 6.07) is 5.94. The molecule has 5 nitrogen and oxygen atoms in total. The van der Waals surface area contributed by atoms with Crippen LogP contribution >= 0.6 is 0 Å². The highest BCUT2D eigenvalue weighted by Crippen LogP contribution is 2.38. The van der Waals surface area contributed by atoms with E-state index in [2.05, 4.69) is 0 Å². The smallest absolute Gasteiger partial charge is 0.311 e. The van der Waals surface area contributed by atoms with E-state index in [9.17, 15) is 19.1 Å². The molecule has 0 aliphatic carbocycles. The SMILES string of the molecule is CCC(Oc1ccccc1F)C(=O)N1CCC(C(=O)O)(C(C)C)C1. The Bertz CT molecular complexity index is 619. The summed E-state index contributed by atoms with van der Waals surface area (Å²) >= 11 is 0. The number of halogens is 1. The van der Waals surface area contributed by atoms with Crippen LogP contribution in [0, 0.1) is 17.2 Å². The van der Waals surface area contributed by atoms with Gasteiger partial charge in [-0.2, -0.15) is 0 Å². The fraction of sp³-hybridized carbons (Fsp3) is 0.556. The van der Waals surface area contributed by atoms with E-state index < -0.39 is 23.3 Å². The second-order valence-corrected chi connectivity index (χ2v) is 6.57. The van der Waals surface area contributed by atoms with Crippen molar-refractivity contribution in [3.63, 3.8) is 0 Å². The van der Waals surface area contributed by atoms with Crippen LogP contribution in [0.25, 0.3) is 0 Å². The molecule has 0 radical (unpaired) electrons. The van der Waals surface area contributed by atoms with Gasteiger partial charge < -0.3 is 14.7 Å². The van der Waals surface area contributed by atoms with Crippen LogP contribution in [0.4, 0.5) is 4.39 Å². The van der Waals surface area contributed by atoms with Crippen LogP contribution in [0.5, 0.6) is 5.75 Å². The molecular weight excluding hydrogens is 313 g/mol. The topological polar surface area (TPSA) is 66.8 Å². The Labute approximate surface area is 141 Å². The summed E-state index contributed by atoms with van der Waals surface area (Å²) in [5.74, 6) is -1.74. The van der Waals surface area contributed by atoms with Gasteiger partial charge in [0, 0.05) is 13.1 Å². The molecule has 2 atom stereocenters. The fourth-order valence-electron chi connectivity index (χ4n) is 3.12. The third kappa shape index (κ3) is 3.37. The Balaban J connectivity index is 2.12. The molecule has 1 heterocycles. The lowest BCUT2D eigenvalue weighted by Crippen LogP contribution is -2.44. The summed E-state index contributed by atoms with van der Waals surface area (Å²) in [6.07, 6.45) is -0.0218. The highest BCUT2D eigenvalue weighted by Gasteiger charge is 2.49. The van der Waals surface area contributed by atoms with Crippen LogP contribution in [0.2, 0.25) is 0 Å². The summed E-state index contributed by atoms with van der Waals surface area (Å²) in [6.45, 7) is 6.03. The number of hydrogen-bond donors (Lipinski definition) is 1. The monoisotopic (exact) mass is 337 g/mol. The molecule has 1 aromatic carbocycles. The van der Waals surface area contributed by atoms with Crippen molar-refractivity contribution < 1.29 is 23.8 Å². The zero-order valence-electron chi connectivity index (χ0n) is 14.3. The first-order chi connectivity index (χ1) is 11.3. The molecule has 1 saturated heterocycles. The number of carboxylic acids is 1. The first-order valence-corrected chi connectivity index (χ1v) is 8.25. The maximum Gasteiger partial charge on any atom is 0.311 e. The number of ether oxygens (including phenoxy) is 1. The number of rotatable bonds is 6. The molecule has 132 valence electrons. The van der Waals surface area contributed by atoms with Crippen molar-refractivity contribution in [2.75, 3.05) is 13.1 Å². The highest BCUT2D eigenvalue weighted by molar-refractivity contribution is 5.84. The minimum absolute atomic E-state index is 0.0326. The normalized spacial score (nSPS) is 21.8.